The zero-order valence-corrected chi connectivity index (χ0v) is 12.9. The van der Waals surface area contributed by atoms with E-state index in [-0.39, 0.29) is 5.75 Å². The standard InChI is InChI=1S/C14H29NO2S/c1-4-18(16,17)8-7-13-9-12(11(2)3)5-6-14(13)10-15/h11-14H,4-10,15H2,1-3H3. The Kier molecular flexibility index (Phi) is 6.12. The van der Waals surface area contributed by atoms with E-state index in [0.29, 0.717) is 30.1 Å². The van der Waals surface area contributed by atoms with Crippen molar-refractivity contribution in [3.05, 3.63) is 0 Å². The molecule has 0 aromatic heterocycles. The molecule has 2 N–H and O–H groups in total. The summed E-state index contributed by atoms with van der Waals surface area (Å²) >= 11 is 0. The molecular weight excluding hydrogens is 246 g/mol. The lowest BCUT2D eigenvalue weighted by atomic mass is 9.70. The number of nitrogens with two attached hydrogens (primary N) is 1. The zero-order chi connectivity index (χ0) is 13.8. The van der Waals surface area contributed by atoms with Gasteiger partial charge < -0.3 is 5.73 Å². The maximum atomic E-state index is 11.6. The first kappa shape index (κ1) is 16.0. The quantitative estimate of drug-likeness (QED) is 0.810. The van der Waals surface area contributed by atoms with Gasteiger partial charge >= 0.3 is 0 Å². The predicted molar refractivity (Wildman–Crippen MR) is 77.2 cm³/mol. The SMILES string of the molecule is CCS(=O)(=O)CCC1CC(C(C)C)CCC1CN. The number of hydrogen-bond acceptors (Lipinski definition) is 3. The first-order valence-electron chi connectivity index (χ1n) is 7.30. The van der Waals surface area contributed by atoms with E-state index in [1.807, 2.05) is 0 Å². The Balaban J connectivity index is 2.58. The summed E-state index contributed by atoms with van der Waals surface area (Å²) in [5.41, 5.74) is 5.84. The van der Waals surface area contributed by atoms with Gasteiger partial charge in [-0.3, -0.25) is 0 Å². The Morgan fingerprint density at radius 2 is 1.89 bits per heavy atom. The van der Waals surface area contributed by atoms with Gasteiger partial charge in [0.05, 0.1) is 5.75 Å². The topological polar surface area (TPSA) is 60.2 Å². The van der Waals surface area contributed by atoms with Crippen LogP contribution in [0.15, 0.2) is 0 Å². The first-order chi connectivity index (χ1) is 8.39. The van der Waals surface area contributed by atoms with Gasteiger partial charge in [-0.2, -0.15) is 0 Å². The van der Waals surface area contributed by atoms with Gasteiger partial charge in [0, 0.05) is 5.75 Å². The molecule has 3 atom stereocenters. The smallest absolute Gasteiger partial charge is 0.150 e. The Hall–Kier alpha value is -0.0900. The van der Waals surface area contributed by atoms with E-state index < -0.39 is 9.84 Å². The van der Waals surface area contributed by atoms with Crippen LogP contribution in [0.2, 0.25) is 0 Å². The minimum absolute atomic E-state index is 0.265. The van der Waals surface area contributed by atoms with Gasteiger partial charge in [0.1, 0.15) is 9.84 Å². The van der Waals surface area contributed by atoms with Gasteiger partial charge in [-0.25, -0.2) is 8.42 Å². The highest BCUT2D eigenvalue weighted by Gasteiger charge is 2.31. The van der Waals surface area contributed by atoms with Crippen LogP contribution in [0.3, 0.4) is 0 Å². The second-order valence-electron chi connectivity index (χ2n) is 6.10. The molecular formula is C14H29NO2S. The Morgan fingerprint density at radius 3 is 2.39 bits per heavy atom. The summed E-state index contributed by atoms with van der Waals surface area (Å²) in [5, 5.41) is 0. The largest absolute Gasteiger partial charge is 0.330 e. The number of hydrogen-bond donors (Lipinski definition) is 1. The van der Waals surface area contributed by atoms with E-state index in [4.69, 9.17) is 5.73 Å². The molecule has 0 spiro atoms. The second kappa shape index (κ2) is 6.90. The third kappa shape index (κ3) is 4.54. The highest BCUT2D eigenvalue weighted by Crippen LogP contribution is 2.38. The normalized spacial score (nSPS) is 29.7. The fourth-order valence-corrected chi connectivity index (χ4v) is 4.06. The highest BCUT2D eigenvalue weighted by molar-refractivity contribution is 7.91. The lowest BCUT2D eigenvalue weighted by Crippen LogP contribution is -2.33. The van der Waals surface area contributed by atoms with Crippen molar-refractivity contribution in [2.45, 2.75) is 46.5 Å². The summed E-state index contributed by atoms with van der Waals surface area (Å²) in [4.78, 5) is 0. The van der Waals surface area contributed by atoms with Gasteiger partial charge in [0.25, 0.3) is 0 Å². The van der Waals surface area contributed by atoms with Gasteiger partial charge in [-0.1, -0.05) is 20.8 Å². The molecule has 0 bridgehead atoms. The average Bonchev–Trinajstić information content (AvgIpc) is 2.36. The van der Waals surface area contributed by atoms with Gasteiger partial charge in [-0.05, 0) is 55.9 Å². The fourth-order valence-electron chi connectivity index (χ4n) is 3.11. The molecule has 3 nitrogen and oxygen atoms in total. The molecule has 1 fully saturated rings. The van der Waals surface area contributed by atoms with Crippen LogP contribution >= 0.6 is 0 Å². The zero-order valence-electron chi connectivity index (χ0n) is 12.1. The molecule has 1 saturated carbocycles. The molecule has 0 saturated heterocycles. The van der Waals surface area contributed by atoms with Crippen LogP contribution in [-0.4, -0.2) is 26.5 Å². The number of sulfone groups is 1. The molecule has 0 radical (unpaired) electrons. The minimum atomic E-state index is -2.83. The van der Waals surface area contributed by atoms with E-state index in [2.05, 4.69) is 13.8 Å². The second-order valence-corrected chi connectivity index (χ2v) is 8.57. The minimum Gasteiger partial charge on any atom is -0.330 e. The monoisotopic (exact) mass is 275 g/mol. The molecule has 0 aromatic carbocycles. The summed E-state index contributed by atoms with van der Waals surface area (Å²) in [5.74, 6) is 3.11. The molecule has 108 valence electrons. The van der Waals surface area contributed by atoms with Crippen LogP contribution < -0.4 is 5.73 Å². The van der Waals surface area contributed by atoms with E-state index in [1.165, 1.54) is 19.3 Å². The maximum Gasteiger partial charge on any atom is 0.150 e. The summed E-state index contributed by atoms with van der Waals surface area (Å²) in [6, 6.07) is 0. The Labute approximate surface area is 112 Å². The predicted octanol–water partition coefficient (Wildman–Crippen LogP) is 2.46. The first-order valence-corrected chi connectivity index (χ1v) is 9.12. The molecule has 0 aliphatic heterocycles. The van der Waals surface area contributed by atoms with Crippen molar-refractivity contribution in [3.63, 3.8) is 0 Å². The van der Waals surface area contributed by atoms with Crippen LogP contribution in [-0.2, 0) is 9.84 Å². The molecule has 0 amide bonds. The molecule has 1 aliphatic carbocycles. The molecule has 0 aromatic rings. The highest BCUT2D eigenvalue weighted by atomic mass is 32.2. The fraction of sp³-hybridized carbons (Fsp3) is 1.00. The van der Waals surface area contributed by atoms with Crippen molar-refractivity contribution in [1.29, 1.82) is 0 Å². The summed E-state index contributed by atoms with van der Waals surface area (Å²) in [7, 11) is -2.83. The molecule has 4 heteroatoms. The van der Waals surface area contributed by atoms with E-state index >= 15 is 0 Å². The average molecular weight is 275 g/mol. The maximum absolute atomic E-state index is 11.6. The van der Waals surface area contributed by atoms with Gasteiger partial charge in [-0.15, -0.1) is 0 Å². The molecule has 0 heterocycles. The van der Waals surface area contributed by atoms with Crippen LogP contribution in [0.4, 0.5) is 0 Å². The van der Waals surface area contributed by atoms with Gasteiger partial charge in [0.2, 0.25) is 0 Å². The van der Waals surface area contributed by atoms with Crippen molar-refractivity contribution in [2.24, 2.45) is 29.4 Å². The van der Waals surface area contributed by atoms with Crippen molar-refractivity contribution >= 4 is 9.84 Å². The molecule has 3 unspecified atom stereocenters. The lowest BCUT2D eigenvalue weighted by Gasteiger charge is -2.37. The van der Waals surface area contributed by atoms with Crippen molar-refractivity contribution < 1.29 is 8.42 Å². The lowest BCUT2D eigenvalue weighted by molar-refractivity contribution is 0.148. The van der Waals surface area contributed by atoms with Crippen LogP contribution in [0.25, 0.3) is 0 Å². The number of rotatable bonds is 6. The van der Waals surface area contributed by atoms with Crippen molar-refractivity contribution in [1.82, 2.24) is 0 Å². The van der Waals surface area contributed by atoms with Crippen molar-refractivity contribution in [2.75, 3.05) is 18.1 Å². The summed E-state index contributed by atoms with van der Waals surface area (Å²) in [6.45, 7) is 6.98. The third-order valence-electron chi connectivity index (χ3n) is 4.67. The van der Waals surface area contributed by atoms with E-state index in [1.54, 1.807) is 6.92 Å². The van der Waals surface area contributed by atoms with Crippen molar-refractivity contribution in [3.8, 4) is 0 Å². The Morgan fingerprint density at radius 1 is 1.22 bits per heavy atom. The van der Waals surface area contributed by atoms with E-state index in [0.717, 1.165) is 12.3 Å². The third-order valence-corrected chi connectivity index (χ3v) is 6.40. The van der Waals surface area contributed by atoms with Crippen LogP contribution in [0.5, 0.6) is 0 Å². The molecule has 1 rings (SSSR count). The Bertz CT molecular complexity index is 338. The van der Waals surface area contributed by atoms with Crippen LogP contribution in [0, 0.1) is 23.7 Å². The summed E-state index contributed by atoms with van der Waals surface area (Å²) < 4.78 is 23.2. The summed E-state index contributed by atoms with van der Waals surface area (Å²) in [6.07, 6.45) is 4.41. The van der Waals surface area contributed by atoms with Gasteiger partial charge in [0.15, 0.2) is 0 Å². The molecule has 1 aliphatic rings. The van der Waals surface area contributed by atoms with Crippen LogP contribution in [0.1, 0.15) is 46.5 Å². The van der Waals surface area contributed by atoms with E-state index in [9.17, 15) is 8.42 Å². The molecule has 18 heavy (non-hydrogen) atoms.